The fraction of sp³-hybridized carbons (Fsp3) is 0.154. The molecule has 2 rings (SSSR count). The molecule has 4 heteroatoms. The molecule has 0 fully saturated rings. The summed E-state index contributed by atoms with van der Waals surface area (Å²) in [5, 5.41) is 2.68. The minimum Gasteiger partial charge on any atom is -0.366 e. The van der Waals surface area contributed by atoms with Crippen molar-refractivity contribution >= 4 is 17.4 Å². The minimum atomic E-state index is -0.371. The molecule has 1 N–H and O–H groups in total. The number of aromatic nitrogens is 1. The number of rotatable bonds is 4. The van der Waals surface area contributed by atoms with Crippen molar-refractivity contribution < 1.29 is 4.39 Å². The number of anilines is 1. The molecule has 0 radical (unpaired) electrons. The second kappa shape index (κ2) is 5.64. The van der Waals surface area contributed by atoms with Crippen LogP contribution >= 0.6 is 11.6 Å². The van der Waals surface area contributed by atoms with Crippen molar-refractivity contribution in [2.45, 2.75) is 5.38 Å². The van der Waals surface area contributed by atoms with E-state index >= 15 is 0 Å². The predicted octanol–water partition coefficient (Wildman–Crippen LogP) is 3.61. The van der Waals surface area contributed by atoms with Gasteiger partial charge in [-0.2, -0.15) is 0 Å². The van der Waals surface area contributed by atoms with E-state index in [1.54, 1.807) is 6.07 Å². The van der Waals surface area contributed by atoms with E-state index in [0.717, 1.165) is 5.56 Å². The van der Waals surface area contributed by atoms with Crippen molar-refractivity contribution in [2.75, 3.05) is 11.9 Å². The normalized spacial score (nSPS) is 12.1. The van der Waals surface area contributed by atoms with E-state index in [1.807, 2.05) is 30.3 Å². The highest BCUT2D eigenvalue weighted by atomic mass is 35.5. The Morgan fingerprint density at radius 3 is 2.65 bits per heavy atom. The van der Waals surface area contributed by atoms with Crippen LogP contribution < -0.4 is 5.32 Å². The standard InChI is InChI=1S/C13H12ClFN2/c14-11(10-5-2-1-3-6-10)9-17-13-12(15)7-4-8-16-13/h1-8,11H,9H2,(H,16,17). The van der Waals surface area contributed by atoms with Gasteiger partial charge >= 0.3 is 0 Å². The SMILES string of the molecule is Fc1cccnc1NCC(Cl)c1ccccc1. The number of pyridine rings is 1. The van der Waals surface area contributed by atoms with Gasteiger partial charge in [0.05, 0.1) is 5.38 Å². The predicted molar refractivity (Wildman–Crippen MR) is 67.7 cm³/mol. The number of hydrogen-bond acceptors (Lipinski definition) is 2. The Labute approximate surface area is 104 Å². The molecule has 0 saturated carbocycles. The quantitative estimate of drug-likeness (QED) is 0.839. The van der Waals surface area contributed by atoms with Crippen molar-refractivity contribution in [2.24, 2.45) is 0 Å². The highest BCUT2D eigenvalue weighted by Crippen LogP contribution is 2.20. The number of hydrogen-bond donors (Lipinski definition) is 1. The van der Waals surface area contributed by atoms with Crippen LogP contribution in [0, 0.1) is 5.82 Å². The molecular formula is C13H12ClFN2. The molecule has 0 aliphatic heterocycles. The molecule has 0 aliphatic carbocycles. The Morgan fingerprint density at radius 1 is 1.18 bits per heavy atom. The topological polar surface area (TPSA) is 24.9 Å². The van der Waals surface area contributed by atoms with Crippen LogP contribution in [0.5, 0.6) is 0 Å². The largest absolute Gasteiger partial charge is 0.366 e. The van der Waals surface area contributed by atoms with Crippen molar-refractivity contribution in [3.63, 3.8) is 0 Å². The summed E-state index contributed by atoms with van der Waals surface area (Å²) in [6.45, 7) is 0.430. The summed E-state index contributed by atoms with van der Waals surface area (Å²) in [5.74, 6) is -0.140. The highest BCUT2D eigenvalue weighted by molar-refractivity contribution is 6.21. The van der Waals surface area contributed by atoms with Crippen LogP contribution in [0.2, 0.25) is 0 Å². The average Bonchev–Trinajstić information content (AvgIpc) is 2.38. The Morgan fingerprint density at radius 2 is 1.94 bits per heavy atom. The molecule has 1 aromatic heterocycles. The molecule has 0 amide bonds. The molecule has 2 aromatic rings. The Kier molecular flexibility index (Phi) is 3.94. The smallest absolute Gasteiger partial charge is 0.165 e. The van der Waals surface area contributed by atoms with Crippen LogP contribution in [-0.2, 0) is 0 Å². The molecule has 0 aliphatic rings. The summed E-state index contributed by atoms with van der Waals surface area (Å²) in [6, 6.07) is 12.6. The van der Waals surface area contributed by atoms with Gasteiger partial charge in [-0.1, -0.05) is 30.3 Å². The van der Waals surface area contributed by atoms with Crippen LogP contribution in [-0.4, -0.2) is 11.5 Å². The molecule has 2 nitrogen and oxygen atoms in total. The first-order valence-corrected chi connectivity index (χ1v) is 5.74. The Bertz CT molecular complexity index is 476. The number of nitrogens with one attached hydrogen (secondary N) is 1. The number of nitrogens with zero attached hydrogens (tertiary/aromatic N) is 1. The van der Waals surface area contributed by atoms with Gasteiger partial charge in [-0.3, -0.25) is 0 Å². The molecule has 88 valence electrons. The van der Waals surface area contributed by atoms with Crippen LogP contribution in [0.15, 0.2) is 48.7 Å². The fourth-order valence-electron chi connectivity index (χ4n) is 1.48. The molecule has 0 spiro atoms. The maximum atomic E-state index is 13.3. The second-order valence-electron chi connectivity index (χ2n) is 3.59. The maximum absolute atomic E-state index is 13.3. The highest BCUT2D eigenvalue weighted by Gasteiger charge is 2.08. The van der Waals surface area contributed by atoms with E-state index in [1.165, 1.54) is 12.3 Å². The first-order chi connectivity index (χ1) is 8.27. The van der Waals surface area contributed by atoms with Gasteiger partial charge in [-0.25, -0.2) is 9.37 Å². The molecule has 1 atom stereocenters. The van der Waals surface area contributed by atoms with Gasteiger partial charge in [0.15, 0.2) is 11.6 Å². The second-order valence-corrected chi connectivity index (χ2v) is 4.12. The van der Waals surface area contributed by atoms with Crippen LogP contribution in [0.4, 0.5) is 10.2 Å². The third kappa shape index (κ3) is 3.17. The lowest BCUT2D eigenvalue weighted by atomic mass is 10.1. The summed E-state index contributed by atoms with van der Waals surface area (Å²) < 4.78 is 13.3. The lowest BCUT2D eigenvalue weighted by Gasteiger charge is -2.11. The number of benzene rings is 1. The van der Waals surface area contributed by atoms with E-state index in [9.17, 15) is 4.39 Å². The van der Waals surface area contributed by atoms with Crippen molar-refractivity contribution in [3.8, 4) is 0 Å². The molecular weight excluding hydrogens is 239 g/mol. The molecule has 1 heterocycles. The van der Waals surface area contributed by atoms with Gasteiger partial charge in [0.1, 0.15) is 0 Å². The summed E-state index contributed by atoms with van der Waals surface area (Å²) in [7, 11) is 0. The molecule has 0 saturated heterocycles. The zero-order valence-electron chi connectivity index (χ0n) is 9.11. The zero-order valence-corrected chi connectivity index (χ0v) is 9.86. The molecule has 1 aromatic carbocycles. The average molecular weight is 251 g/mol. The monoisotopic (exact) mass is 250 g/mol. The van der Waals surface area contributed by atoms with E-state index in [2.05, 4.69) is 10.3 Å². The lowest BCUT2D eigenvalue weighted by molar-refractivity contribution is 0.624. The maximum Gasteiger partial charge on any atom is 0.165 e. The summed E-state index contributed by atoms with van der Waals surface area (Å²) in [5.41, 5.74) is 0.998. The molecule has 0 bridgehead atoms. The van der Waals surface area contributed by atoms with Gasteiger partial charge in [0.2, 0.25) is 0 Å². The van der Waals surface area contributed by atoms with Gasteiger partial charge in [-0.15, -0.1) is 11.6 Å². The number of alkyl halides is 1. The van der Waals surface area contributed by atoms with E-state index < -0.39 is 0 Å². The Hall–Kier alpha value is -1.61. The van der Waals surface area contributed by atoms with Crippen LogP contribution in [0.1, 0.15) is 10.9 Å². The first-order valence-electron chi connectivity index (χ1n) is 5.31. The lowest BCUT2D eigenvalue weighted by Crippen LogP contribution is -2.10. The fourth-order valence-corrected chi connectivity index (χ4v) is 1.70. The third-order valence-corrected chi connectivity index (χ3v) is 2.77. The van der Waals surface area contributed by atoms with Gasteiger partial charge in [0, 0.05) is 12.7 Å². The van der Waals surface area contributed by atoms with Gasteiger partial charge in [-0.05, 0) is 17.7 Å². The van der Waals surface area contributed by atoms with Crippen LogP contribution in [0.3, 0.4) is 0 Å². The number of halogens is 2. The van der Waals surface area contributed by atoms with Crippen molar-refractivity contribution in [1.82, 2.24) is 4.98 Å². The Balaban J connectivity index is 1.97. The van der Waals surface area contributed by atoms with Gasteiger partial charge < -0.3 is 5.32 Å². The summed E-state index contributed by atoms with van der Waals surface area (Å²) in [6.07, 6.45) is 1.54. The summed E-state index contributed by atoms with van der Waals surface area (Å²) in [4.78, 5) is 3.90. The van der Waals surface area contributed by atoms with Crippen molar-refractivity contribution in [1.29, 1.82) is 0 Å². The van der Waals surface area contributed by atoms with E-state index in [-0.39, 0.29) is 17.0 Å². The van der Waals surface area contributed by atoms with Crippen LogP contribution in [0.25, 0.3) is 0 Å². The minimum absolute atomic E-state index is 0.211. The molecule has 17 heavy (non-hydrogen) atoms. The van der Waals surface area contributed by atoms with E-state index in [0.29, 0.717) is 6.54 Å². The zero-order chi connectivity index (χ0) is 12.1. The van der Waals surface area contributed by atoms with E-state index in [4.69, 9.17) is 11.6 Å². The third-order valence-electron chi connectivity index (χ3n) is 2.37. The first kappa shape index (κ1) is 11.9. The van der Waals surface area contributed by atoms with Crippen molar-refractivity contribution in [3.05, 3.63) is 60.0 Å². The van der Waals surface area contributed by atoms with Gasteiger partial charge in [0.25, 0.3) is 0 Å². The molecule has 1 unspecified atom stereocenters. The summed E-state index contributed by atoms with van der Waals surface area (Å²) >= 11 is 6.20.